The molecule has 0 radical (unpaired) electrons. The molecular weight excluding hydrogens is 476 g/mol. The zero-order valence-electron chi connectivity index (χ0n) is 18.8. The number of carboxylic acid groups (broad SMARTS) is 1. The van der Waals surface area contributed by atoms with Gasteiger partial charge in [0.05, 0.1) is 32.3 Å². The van der Waals surface area contributed by atoms with E-state index in [0.29, 0.717) is 30.8 Å². The van der Waals surface area contributed by atoms with E-state index >= 15 is 0 Å². The number of methoxy groups -OCH3 is 2. The molecule has 2 aliphatic heterocycles. The monoisotopic (exact) mass is 504 g/mol. The molecule has 0 aromatic heterocycles. The van der Waals surface area contributed by atoms with E-state index in [-0.39, 0.29) is 12.0 Å². The number of rotatable bonds is 6. The van der Waals surface area contributed by atoms with Gasteiger partial charge in [-0.2, -0.15) is 0 Å². The molecule has 1 saturated heterocycles. The molecule has 2 aliphatic rings. The highest BCUT2D eigenvalue weighted by Gasteiger charge is 2.52. The van der Waals surface area contributed by atoms with Crippen LogP contribution < -0.4 is 14.2 Å². The van der Waals surface area contributed by atoms with Crippen molar-refractivity contribution in [3.63, 3.8) is 0 Å². The van der Waals surface area contributed by atoms with Gasteiger partial charge < -0.3 is 24.1 Å². The maximum atomic E-state index is 12.2. The Morgan fingerprint density at radius 3 is 2.69 bits per heavy atom. The van der Waals surface area contributed by atoms with Crippen molar-refractivity contribution in [2.24, 2.45) is 11.8 Å². The number of hydrogen-bond acceptors (Lipinski definition) is 5. The van der Waals surface area contributed by atoms with Crippen LogP contribution in [0, 0.1) is 11.8 Å². The first-order valence-corrected chi connectivity index (χ1v) is 11.6. The molecule has 1 fully saturated rings. The highest BCUT2D eigenvalue weighted by atomic mass is 79.9. The molecule has 0 amide bonds. The Balaban J connectivity index is 1.65. The number of carbonyl (C=O) groups is 1. The Morgan fingerprint density at radius 1 is 1.22 bits per heavy atom. The molecule has 0 bridgehead atoms. The second kappa shape index (κ2) is 8.94. The Morgan fingerprint density at radius 2 is 2.00 bits per heavy atom. The quantitative estimate of drug-likeness (QED) is 0.566. The van der Waals surface area contributed by atoms with Crippen molar-refractivity contribution in [2.45, 2.75) is 50.9 Å². The lowest BCUT2D eigenvalue weighted by Gasteiger charge is -2.50. The number of halogens is 1. The third kappa shape index (κ3) is 4.33. The van der Waals surface area contributed by atoms with E-state index in [1.807, 2.05) is 50.2 Å². The smallest absolute Gasteiger partial charge is 0.309 e. The Hall–Kier alpha value is -2.25. The molecule has 0 spiro atoms. The van der Waals surface area contributed by atoms with Crippen molar-refractivity contribution in [1.29, 1.82) is 0 Å². The van der Waals surface area contributed by atoms with Gasteiger partial charge in [0.25, 0.3) is 0 Å². The van der Waals surface area contributed by atoms with Gasteiger partial charge in [0.2, 0.25) is 0 Å². The van der Waals surface area contributed by atoms with Crippen LogP contribution in [0.4, 0.5) is 0 Å². The molecule has 2 heterocycles. The molecule has 4 atom stereocenters. The number of hydrogen-bond donors (Lipinski definition) is 1. The molecule has 7 heteroatoms. The summed E-state index contributed by atoms with van der Waals surface area (Å²) in [4.78, 5) is 12.2. The number of aliphatic carboxylic acids is 1. The number of benzene rings is 2. The van der Waals surface area contributed by atoms with Gasteiger partial charge in [-0.05, 0) is 62.9 Å². The van der Waals surface area contributed by atoms with Crippen molar-refractivity contribution < 1.29 is 28.8 Å². The zero-order chi connectivity index (χ0) is 23.0. The van der Waals surface area contributed by atoms with Crippen LogP contribution in [0.3, 0.4) is 0 Å². The molecular formula is C25H29BrO6. The largest absolute Gasteiger partial charge is 0.497 e. The third-order valence-electron chi connectivity index (χ3n) is 6.65. The molecule has 2 aromatic rings. The molecule has 4 rings (SSSR count). The summed E-state index contributed by atoms with van der Waals surface area (Å²) in [6.45, 7) is 3.99. The van der Waals surface area contributed by atoms with Crippen LogP contribution in [-0.2, 0) is 16.0 Å². The average Bonchev–Trinajstić information content (AvgIpc) is 2.77. The summed E-state index contributed by atoms with van der Waals surface area (Å²) in [5.41, 5.74) is 1.40. The van der Waals surface area contributed by atoms with Gasteiger partial charge in [0, 0.05) is 16.0 Å². The summed E-state index contributed by atoms with van der Waals surface area (Å²) in [6.07, 6.45) is 1.12. The Kier molecular flexibility index (Phi) is 6.41. The molecule has 32 heavy (non-hydrogen) atoms. The molecule has 0 aliphatic carbocycles. The topological polar surface area (TPSA) is 74.2 Å². The minimum Gasteiger partial charge on any atom is -0.497 e. The molecule has 0 saturated carbocycles. The number of carboxylic acids is 1. The molecule has 0 unspecified atom stereocenters. The Labute approximate surface area is 196 Å². The summed E-state index contributed by atoms with van der Waals surface area (Å²) in [5.74, 6) is 0.579. The fraction of sp³-hybridized carbons (Fsp3) is 0.480. The van der Waals surface area contributed by atoms with Gasteiger partial charge in [-0.25, -0.2) is 0 Å². The summed E-state index contributed by atoms with van der Waals surface area (Å²) < 4.78 is 24.7. The van der Waals surface area contributed by atoms with Crippen LogP contribution in [0.15, 0.2) is 40.9 Å². The van der Waals surface area contributed by atoms with E-state index < -0.39 is 23.6 Å². The maximum Gasteiger partial charge on any atom is 0.309 e. The van der Waals surface area contributed by atoms with E-state index in [9.17, 15) is 9.90 Å². The lowest BCUT2D eigenvalue weighted by atomic mass is 9.71. The molecule has 1 N–H and O–H groups in total. The maximum absolute atomic E-state index is 12.2. The van der Waals surface area contributed by atoms with Crippen LogP contribution in [-0.4, -0.2) is 37.0 Å². The highest BCUT2D eigenvalue weighted by Crippen LogP contribution is 2.55. The van der Waals surface area contributed by atoms with Crippen LogP contribution in [0.5, 0.6) is 17.2 Å². The van der Waals surface area contributed by atoms with Crippen molar-refractivity contribution in [3.05, 3.63) is 52.0 Å². The minimum absolute atomic E-state index is 0.0943. The highest BCUT2D eigenvalue weighted by molar-refractivity contribution is 9.10. The number of aryl methyl sites for hydroxylation is 1. The van der Waals surface area contributed by atoms with E-state index in [0.717, 1.165) is 21.3 Å². The second-order valence-electron chi connectivity index (χ2n) is 9.00. The van der Waals surface area contributed by atoms with Gasteiger partial charge in [-0.3, -0.25) is 4.79 Å². The first kappa shape index (κ1) is 22.9. The average molecular weight is 505 g/mol. The van der Waals surface area contributed by atoms with E-state index in [4.69, 9.17) is 18.9 Å². The van der Waals surface area contributed by atoms with Crippen molar-refractivity contribution in [3.8, 4) is 17.2 Å². The van der Waals surface area contributed by atoms with E-state index in [1.165, 1.54) is 0 Å². The molecule has 172 valence electrons. The summed E-state index contributed by atoms with van der Waals surface area (Å²) in [6, 6.07) is 11.7. The lowest BCUT2D eigenvalue weighted by Crippen LogP contribution is -2.52. The summed E-state index contributed by atoms with van der Waals surface area (Å²) in [5, 5.41) is 10.0. The van der Waals surface area contributed by atoms with Crippen LogP contribution in [0.1, 0.15) is 43.9 Å². The lowest BCUT2D eigenvalue weighted by molar-refractivity contribution is -0.188. The van der Waals surface area contributed by atoms with Crippen LogP contribution in [0.25, 0.3) is 0 Å². The number of ether oxygens (including phenoxy) is 4. The van der Waals surface area contributed by atoms with Gasteiger partial charge in [-0.1, -0.05) is 28.1 Å². The molecule has 6 nitrogen and oxygen atoms in total. The fourth-order valence-corrected chi connectivity index (χ4v) is 5.39. The van der Waals surface area contributed by atoms with Gasteiger partial charge in [0.1, 0.15) is 11.4 Å². The summed E-state index contributed by atoms with van der Waals surface area (Å²) >= 11 is 3.56. The minimum atomic E-state index is -0.826. The zero-order valence-corrected chi connectivity index (χ0v) is 20.3. The first-order chi connectivity index (χ1) is 15.2. The predicted octanol–water partition coefficient (Wildman–Crippen LogP) is 5.42. The van der Waals surface area contributed by atoms with Gasteiger partial charge in [-0.15, -0.1) is 0 Å². The standard InChI is InChI=1S/C25H29BrO6/c1-25(2)19-13-17(24(27)28)20(9-8-14-6-5-7-16(10-14)29-3)31-22(19)18-11-15(26)12-21(30-4)23(18)32-25/h5-7,10-12,17,19-20,22H,8-9,13H2,1-4H3,(H,27,28)/t17-,19+,20+,22-/m1/s1. The first-order valence-electron chi connectivity index (χ1n) is 10.8. The van der Waals surface area contributed by atoms with Crippen molar-refractivity contribution in [1.82, 2.24) is 0 Å². The molecule has 2 aromatic carbocycles. The van der Waals surface area contributed by atoms with Gasteiger partial charge in [0.15, 0.2) is 11.5 Å². The third-order valence-corrected chi connectivity index (χ3v) is 7.10. The van der Waals surface area contributed by atoms with Crippen molar-refractivity contribution >= 4 is 21.9 Å². The SMILES string of the molecule is COc1cccc(CC[C@@H]2O[C@@H]3c4cc(Br)cc(OC)c4OC(C)(C)[C@H]3C[C@H]2C(=O)O)c1. The number of fused-ring (bicyclic) bond motifs is 3. The van der Waals surface area contributed by atoms with Gasteiger partial charge >= 0.3 is 5.97 Å². The van der Waals surface area contributed by atoms with Crippen molar-refractivity contribution in [2.75, 3.05) is 14.2 Å². The van der Waals surface area contributed by atoms with Crippen LogP contribution in [0.2, 0.25) is 0 Å². The van der Waals surface area contributed by atoms with E-state index in [2.05, 4.69) is 15.9 Å². The summed E-state index contributed by atoms with van der Waals surface area (Å²) in [7, 11) is 3.25. The predicted molar refractivity (Wildman–Crippen MR) is 124 cm³/mol. The second-order valence-corrected chi connectivity index (χ2v) is 9.92. The Bertz CT molecular complexity index is 1000. The van der Waals surface area contributed by atoms with E-state index in [1.54, 1.807) is 14.2 Å². The normalized spacial score (nSPS) is 25.8. The fourth-order valence-electron chi connectivity index (χ4n) is 4.93. The van der Waals surface area contributed by atoms with Crippen LogP contribution >= 0.6 is 15.9 Å².